The maximum atomic E-state index is 12.5. The van der Waals surface area contributed by atoms with Crippen molar-refractivity contribution in [2.45, 2.75) is 24.8 Å². The zero-order valence-corrected chi connectivity index (χ0v) is 10.8. The number of halogens is 3. The highest BCUT2D eigenvalue weighted by Gasteiger charge is 2.41. The Morgan fingerprint density at radius 2 is 1.74 bits per heavy atom. The zero-order valence-electron chi connectivity index (χ0n) is 9.94. The average Bonchev–Trinajstić information content (AvgIpc) is 2.99. The second-order valence-corrected chi connectivity index (χ2v) is 5.44. The maximum absolute atomic E-state index is 12.5. The molecule has 0 bridgehead atoms. The molecule has 1 aromatic rings. The van der Waals surface area contributed by atoms with Crippen molar-refractivity contribution in [2.75, 3.05) is 31.2 Å². The van der Waals surface area contributed by atoms with Gasteiger partial charge in [0.05, 0.1) is 13.2 Å². The highest BCUT2D eigenvalue weighted by atomic mass is 32.1. The molecule has 0 radical (unpaired) electrons. The molecular weight excluding hydrogens is 283 g/mol. The number of piperidine rings is 1. The van der Waals surface area contributed by atoms with Crippen LogP contribution in [0.2, 0.25) is 0 Å². The highest BCUT2D eigenvalue weighted by Crippen LogP contribution is 2.37. The minimum absolute atomic E-state index is 0.306. The molecule has 0 unspecified atom stereocenters. The Labute approximate surface area is 111 Å². The van der Waals surface area contributed by atoms with Gasteiger partial charge < -0.3 is 14.4 Å². The Kier molecular flexibility index (Phi) is 3.14. The Morgan fingerprint density at radius 1 is 1.11 bits per heavy atom. The van der Waals surface area contributed by atoms with Gasteiger partial charge in [-0.15, -0.1) is 10.2 Å². The van der Waals surface area contributed by atoms with Crippen LogP contribution in [-0.2, 0) is 15.7 Å². The molecule has 1 spiro atoms. The fourth-order valence-corrected chi connectivity index (χ4v) is 3.05. The summed E-state index contributed by atoms with van der Waals surface area (Å²) in [4.78, 5) is 1.79. The van der Waals surface area contributed by atoms with Crippen molar-refractivity contribution in [1.82, 2.24) is 10.2 Å². The Balaban J connectivity index is 1.66. The number of anilines is 1. The molecule has 0 amide bonds. The van der Waals surface area contributed by atoms with E-state index in [9.17, 15) is 13.2 Å². The van der Waals surface area contributed by atoms with Gasteiger partial charge in [-0.2, -0.15) is 13.2 Å². The number of hydrogen-bond donors (Lipinski definition) is 0. The van der Waals surface area contributed by atoms with Crippen LogP contribution in [-0.4, -0.2) is 42.3 Å². The molecule has 0 aromatic carbocycles. The van der Waals surface area contributed by atoms with Crippen molar-refractivity contribution in [1.29, 1.82) is 0 Å². The fraction of sp³-hybridized carbons (Fsp3) is 0.800. The van der Waals surface area contributed by atoms with Crippen molar-refractivity contribution in [3.8, 4) is 0 Å². The Bertz CT molecular complexity index is 449. The standard InChI is InChI=1S/C10H12F3N3O2S/c11-10(12,13)7-14-15-8(19-7)16-3-1-9(2-4-16)17-5-6-18-9/h1-6H2. The van der Waals surface area contributed by atoms with Gasteiger partial charge in [0.15, 0.2) is 5.79 Å². The summed E-state index contributed by atoms with van der Waals surface area (Å²) in [5.74, 6) is -0.534. The lowest BCUT2D eigenvalue weighted by Crippen LogP contribution is -2.45. The van der Waals surface area contributed by atoms with Gasteiger partial charge in [0.2, 0.25) is 10.1 Å². The van der Waals surface area contributed by atoms with E-state index < -0.39 is 17.0 Å². The third-order valence-corrected chi connectivity index (χ3v) is 4.30. The third-order valence-electron chi connectivity index (χ3n) is 3.27. The largest absolute Gasteiger partial charge is 0.445 e. The molecule has 5 nitrogen and oxygen atoms in total. The monoisotopic (exact) mass is 295 g/mol. The van der Waals surface area contributed by atoms with Gasteiger partial charge in [-0.3, -0.25) is 0 Å². The smallest absolute Gasteiger partial charge is 0.347 e. The molecule has 0 saturated carbocycles. The van der Waals surface area contributed by atoms with E-state index in [0.717, 1.165) is 0 Å². The van der Waals surface area contributed by atoms with Crippen LogP contribution in [0.3, 0.4) is 0 Å². The van der Waals surface area contributed by atoms with Crippen LogP contribution in [0.4, 0.5) is 18.3 Å². The zero-order chi connectivity index (χ0) is 13.5. The van der Waals surface area contributed by atoms with E-state index in [1.807, 2.05) is 0 Å². The van der Waals surface area contributed by atoms with Gasteiger partial charge in [-0.05, 0) is 0 Å². The van der Waals surface area contributed by atoms with Gasteiger partial charge in [0.25, 0.3) is 0 Å². The third kappa shape index (κ3) is 2.54. The van der Waals surface area contributed by atoms with E-state index in [-0.39, 0.29) is 0 Å². The molecule has 2 aliphatic rings. The molecule has 19 heavy (non-hydrogen) atoms. The summed E-state index contributed by atoms with van der Waals surface area (Å²) in [5.41, 5.74) is 0. The quantitative estimate of drug-likeness (QED) is 0.792. The lowest BCUT2D eigenvalue weighted by molar-refractivity contribution is -0.169. The van der Waals surface area contributed by atoms with Crippen molar-refractivity contribution < 1.29 is 22.6 Å². The van der Waals surface area contributed by atoms with Crippen LogP contribution in [0.5, 0.6) is 0 Å². The number of aromatic nitrogens is 2. The van der Waals surface area contributed by atoms with Crippen LogP contribution in [0.1, 0.15) is 17.8 Å². The number of rotatable bonds is 1. The molecule has 106 valence electrons. The van der Waals surface area contributed by atoms with E-state index in [0.29, 0.717) is 55.6 Å². The van der Waals surface area contributed by atoms with Crippen LogP contribution in [0.25, 0.3) is 0 Å². The first-order valence-corrected chi connectivity index (χ1v) is 6.74. The summed E-state index contributed by atoms with van der Waals surface area (Å²) < 4.78 is 48.5. The molecule has 3 rings (SSSR count). The van der Waals surface area contributed by atoms with Gasteiger partial charge in [-0.25, -0.2) is 0 Å². The van der Waals surface area contributed by atoms with Crippen molar-refractivity contribution >= 4 is 16.5 Å². The summed E-state index contributed by atoms with van der Waals surface area (Å²) in [6, 6.07) is 0. The second kappa shape index (κ2) is 4.57. The van der Waals surface area contributed by atoms with E-state index >= 15 is 0 Å². The van der Waals surface area contributed by atoms with Crippen LogP contribution in [0, 0.1) is 0 Å². The van der Waals surface area contributed by atoms with E-state index in [1.54, 1.807) is 4.90 Å². The molecular formula is C10H12F3N3O2S. The molecule has 0 atom stereocenters. The molecule has 3 heterocycles. The van der Waals surface area contributed by atoms with E-state index in [4.69, 9.17) is 9.47 Å². The first-order chi connectivity index (χ1) is 8.99. The average molecular weight is 295 g/mol. The molecule has 2 fully saturated rings. The predicted molar refractivity (Wildman–Crippen MR) is 61.0 cm³/mol. The number of alkyl halides is 3. The molecule has 2 aliphatic heterocycles. The fourth-order valence-electron chi connectivity index (χ4n) is 2.28. The molecule has 1 aromatic heterocycles. The minimum atomic E-state index is -4.43. The lowest BCUT2D eigenvalue weighted by atomic mass is 10.0. The van der Waals surface area contributed by atoms with Crippen molar-refractivity contribution in [3.63, 3.8) is 0 Å². The summed E-state index contributed by atoms with van der Waals surface area (Å²) in [6.45, 7) is 2.28. The van der Waals surface area contributed by atoms with E-state index in [1.165, 1.54) is 0 Å². The number of nitrogens with zero attached hydrogens (tertiary/aromatic N) is 3. The van der Waals surface area contributed by atoms with Gasteiger partial charge in [0.1, 0.15) is 0 Å². The summed E-state index contributed by atoms with van der Waals surface area (Å²) >= 11 is 0.574. The Hall–Kier alpha value is -0.930. The van der Waals surface area contributed by atoms with Gasteiger partial charge in [-0.1, -0.05) is 11.3 Å². The highest BCUT2D eigenvalue weighted by molar-refractivity contribution is 7.15. The van der Waals surface area contributed by atoms with Crippen molar-refractivity contribution in [2.24, 2.45) is 0 Å². The van der Waals surface area contributed by atoms with E-state index in [2.05, 4.69) is 10.2 Å². The first kappa shape index (κ1) is 13.1. The normalized spacial score (nSPS) is 23.2. The minimum Gasteiger partial charge on any atom is -0.347 e. The number of hydrogen-bond acceptors (Lipinski definition) is 6. The van der Waals surface area contributed by atoms with Crippen LogP contribution < -0.4 is 4.90 Å². The maximum Gasteiger partial charge on any atom is 0.445 e. The Morgan fingerprint density at radius 3 is 2.26 bits per heavy atom. The molecule has 9 heteroatoms. The van der Waals surface area contributed by atoms with Gasteiger partial charge in [0, 0.05) is 25.9 Å². The topological polar surface area (TPSA) is 47.5 Å². The predicted octanol–water partition coefficient (Wildman–Crippen LogP) is 1.90. The SMILES string of the molecule is FC(F)(F)c1nnc(N2CCC3(CC2)OCCO3)s1. The summed E-state index contributed by atoms with van der Waals surface area (Å²) in [7, 11) is 0. The lowest BCUT2D eigenvalue weighted by Gasteiger charge is -2.37. The second-order valence-electron chi connectivity index (χ2n) is 4.48. The first-order valence-electron chi connectivity index (χ1n) is 5.92. The van der Waals surface area contributed by atoms with Gasteiger partial charge >= 0.3 is 6.18 Å². The molecule has 0 aliphatic carbocycles. The van der Waals surface area contributed by atoms with Crippen LogP contribution in [0.15, 0.2) is 0 Å². The summed E-state index contributed by atoms with van der Waals surface area (Å²) in [5, 5.41) is 6.20. The molecule has 0 N–H and O–H groups in total. The number of ether oxygens (including phenoxy) is 2. The van der Waals surface area contributed by atoms with Crippen molar-refractivity contribution in [3.05, 3.63) is 5.01 Å². The molecule has 2 saturated heterocycles. The summed E-state index contributed by atoms with van der Waals surface area (Å²) in [6.07, 6.45) is -3.16. The van der Waals surface area contributed by atoms with Crippen LogP contribution >= 0.6 is 11.3 Å².